The smallest absolute Gasteiger partial charge is 0.292 e. The molecule has 18 heavy (non-hydrogen) atoms. The number of nitrogens with zero attached hydrogens (tertiary/aromatic N) is 3. The number of nitro groups is 1. The third-order valence-corrected chi connectivity index (χ3v) is 2.85. The van der Waals surface area contributed by atoms with Gasteiger partial charge >= 0.3 is 0 Å². The van der Waals surface area contributed by atoms with E-state index in [4.69, 9.17) is 10.4 Å². The molecular formula is C12H15N3O3. The van der Waals surface area contributed by atoms with Crippen LogP contribution in [-0.4, -0.2) is 23.1 Å². The topological polar surface area (TPSA) is 90.4 Å². The maximum atomic E-state index is 11.0. The van der Waals surface area contributed by atoms with Crippen molar-refractivity contribution in [3.05, 3.63) is 33.9 Å². The third kappa shape index (κ3) is 2.96. The average molecular weight is 249 g/mol. The van der Waals surface area contributed by atoms with E-state index in [1.807, 2.05) is 13.0 Å². The van der Waals surface area contributed by atoms with Crippen molar-refractivity contribution in [2.75, 3.05) is 11.9 Å². The van der Waals surface area contributed by atoms with Gasteiger partial charge in [0.2, 0.25) is 0 Å². The van der Waals surface area contributed by atoms with E-state index in [0.29, 0.717) is 11.3 Å². The van der Waals surface area contributed by atoms with Crippen molar-refractivity contribution in [3.8, 4) is 6.07 Å². The summed E-state index contributed by atoms with van der Waals surface area (Å²) in [6.45, 7) is 1.59. The summed E-state index contributed by atoms with van der Waals surface area (Å²) in [4.78, 5) is 12.2. The molecule has 1 atom stereocenters. The Hall–Kier alpha value is -2.13. The van der Waals surface area contributed by atoms with E-state index in [-0.39, 0.29) is 24.8 Å². The lowest BCUT2D eigenvalue weighted by Crippen LogP contribution is -2.29. The van der Waals surface area contributed by atoms with E-state index in [9.17, 15) is 10.1 Å². The lowest BCUT2D eigenvalue weighted by molar-refractivity contribution is -0.384. The first kappa shape index (κ1) is 13.9. The molecule has 1 unspecified atom stereocenters. The molecule has 0 aliphatic carbocycles. The highest BCUT2D eigenvalue weighted by atomic mass is 16.6. The Morgan fingerprint density at radius 3 is 2.78 bits per heavy atom. The van der Waals surface area contributed by atoms with Crippen LogP contribution in [0.15, 0.2) is 18.2 Å². The number of hydrogen-bond donors (Lipinski definition) is 1. The standard InChI is InChI=1S/C12H15N3O3/c1-9(5-6-13)14(2)11-4-3-10(8-16)7-12(11)15(17)18/h3-4,7,9,16H,5,8H2,1-2H3. The number of nitro benzene ring substituents is 1. The summed E-state index contributed by atoms with van der Waals surface area (Å²) in [6.07, 6.45) is 0.287. The molecule has 0 aromatic heterocycles. The van der Waals surface area contributed by atoms with Crippen LogP contribution in [0.3, 0.4) is 0 Å². The van der Waals surface area contributed by atoms with Gasteiger partial charge in [0, 0.05) is 19.2 Å². The summed E-state index contributed by atoms with van der Waals surface area (Å²) in [6, 6.07) is 6.50. The maximum Gasteiger partial charge on any atom is 0.292 e. The number of aliphatic hydroxyl groups excluding tert-OH is 1. The average Bonchev–Trinajstić information content (AvgIpc) is 2.37. The molecule has 1 rings (SSSR count). The quantitative estimate of drug-likeness (QED) is 0.635. The molecule has 96 valence electrons. The van der Waals surface area contributed by atoms with Gasteiger partial charge in [0.1, 0.15) is 5.69 Å². The van der Waals surface area contributed by atoms with Crippen molar-refractivity contribution < 1.29 is 10.0 Å². The second kappa shape index (κ2) is 5.98. The van der Waals surface area contributed by atoms with Crippen molar-refractivity contribution in [2.24, 2.45) is 0 Å². The summed E-state index contributed by atoms with van der Waals surface area (Å²) in [5.41, 5.74) is 0.876. The first-order chi connectivity index (χ1) is 8.51. The number of hydrogen-bond acceptors (Lipinski definition) is 5. The normalized spacial score (nSPS) is 11.7. The minimum atomic E-state index is -0.482. The Morgan fingerprint density at radius 1 is 1.61 bits per heavy atom. The number of rotatable bonds is 5. The summed E-state index contributed by atoms with van der Waals surface area (Å²) in [7, 11) is 1.71. The fourth-order valence-corrected chi connectivity index (χ4v) is 1.62. The van der Waals surface area contributed by atoms with Gasteiger partial charge in [-0.1, -0.05) is 6.07 Å². The summed E-state index contributed by atoms with van der Waals surface area (Å²) in [5.74, 6) is 0. The fourth-order valence-electron chi connectivity index (χ4n) is 1.62. The second-order valence-corrected chi connectivity index (χ2v) is 4.06. The Balaban J connectivity index is 3.15. The molecule has 6 nitrogen and oxygen atoms in total. The highest BCUT2D eigenvalue weighted by Crippen LogP contribution is 2.30. The van der Waals surface area contributed by atoms with Gasteiger partial charge in [-0.05, 0) is 18.6 Å². The molecule has 1 aromatic carbocycles. The minimum absolute atomic E-state index is 0.0613. The monoisotopic (exact) mass is 249 g/mol. The molecule has 0 amide bonds. The molecule has 0 aliphatic rings. The molecule has 0 bridgehead atoms. The molecule has 0 spiro atoms. The Kier molecular flexibility index (Phi) is 4.63. The van der Waals surface area contributed by atoms with Crippen LogP contribution in [0.5, 0.6) is 0 Å². The van der Waals surface area contributed by atoms with Crippen molar-refractivity contribution in [1.29, 1.82) is 5.26 Å². The van der Waals surface area contributed by atoms with E-state index in [1.165, 1.54) is 6.07 Å². The molecule has 6 heteroatoms. The van der Waals surface area contributed by atoms with E-state index < -0.39 is 4.92 Å². The van der Waals surface area contributed by atoms with Gasteiger partial charge in [0.25, 0.3) is 5.69 Å². The zero-order valence-corrected chi connectivity index (χ0v) is 10.3. The highest BCUT2D eigenvalue weighted by molar-refractivity contribution is 5.64. The van der Waals surface area contributed by atoms with E-state index in [1.54, 1.807) is 24.1 Å². The van der Waals surface area contributed by atoms with Gasteiger partial charge in [0.15, 0.2) is 0 Å². The third-order valence-electron chi connectivity index (χ3n) is 2.85. The SMILES string of the molecule is CC(CC#N)N(C)c1ccc(CO)cc1[N+](=O)[O-]. The first-order valence-electron chi connectivity index (χ1n) is 5.49. The van der Waals surface area contributed by atoms with E-state index >= 15 is 0 Å². The maximum absolute atomic E-state index is 11.0. The summed E-state index contributed by atoms with van der Waals surface area (Å²) < 4.78 is 0. The zero-order chi connectivity index (χ0) is 13.7. The minimum Gasteiger partial charge on any atom is -0.392 e. The van der Waals surface area contributed by atoms with Gasteiger partial charge in [-0.25, -0.2) is 0 Å². The number of nitriles is 1. The Bertz CT molecular complexity index is 482. The number of benzene rings is 1. The van der Waals surface area contributed by atoms with Gasteiger partial charge in [-0.3, -0.25) is 10.1 Å². The van der Waals surface area contributed by atoms with Crippen LogP contribution in [-0.2, 0) is 6.61 Å². The summed E-state index contributed by atoms with van der Waals surface area (Å²) >= 11 is 0. The second-order valence-electron chi connectivity index (χ2n) is 4.06. The Labute approximate surface area is 105 Å². The molecule has 0 saturated heterocycles. The predicted octanol–water partition coefficient (Wildman–Crippen LogP) is 1.83. The van der Waals surface area contributed by atoms with Crippen molar-refractivity contribution in [1.82, 2.24) is 0 Å². The van der Waals surface area contributed by atoms with Gasteiger partial charge < -0.3 is 10.0 Å². The lowest BCUT2D eigenvalue weighted by atomic mass is 10.1. The Morgan fingerprint density at radius 2 is 2.28 bits per heavy atom. The van der Waals surface area contributed by atoms with Crippen LogP contribution < -0.4 is 4.90 Å². The molecule has 0 fully saturated rings. The van der Waals surface area contributed by atoms with Gasteiger partial charge in [-0.15, -0.1) is 0 Å². The van der Waals surface area contributed by atoms with Crippen LogP contribution in [0.4, 0.5) is 11.4 Å². The van der Waals surface area contributed by atoms with Crippen molar-refractivity contribution >= 4 is 11.4 Å². The van der Waals surface area contributed by atoms with E-state index in [0.717, 1.165) is 0 Å². The number of anilines is 1. The molecule has 0 aliphatic heterocycles. The van der Waals surface area contributed by atoms with E-state index in [2.05, 4.69) is 0 Å². The first-order valence-corrected chi connectivity index (χ1v) is 5.49. The van der Waals surface area contributed by atoms with Crippen molar-refractivity contribution in [2.45, 2.75) is 26.0 Å². The molecule has 0 radical (unpaired) electrons. The zero-order valence-electron chi connectivity index (χ0n) is 10.3. The van der Waals surface area contributed by atoms with Crippen molar-refractivity contribution in [3.63, 3.8) is 0 Å². The predicted molar refractivity (Wildman–Crippen MR) is 67.1 cm³/mol. The van der Waals surface area contributed by atoms with Crippen LogP contribution in [0.2, 0.25) is 0 Å². The van der Waals surface area contributed by atoms with Crippen LogP contribution in [0.1, 0.15) is 18.9 Å². The van der Waals surface area contributed by atoms with Crippen LogP contribution in [0, 0.1) is 21.4 Å². The molecule has 1 aromatic rings. The molecular weight excluding hydrogens is 234 g/mol. The van der Waals surface area contributed by atoms with Gasteiger partial charge in [-0.2, -0.15) is 5.26 Å². The lowest BCUT2D eigenvalue weighted by Gasteiger charge is -2.24. The van der Waals surface area contributed by atoms with Crippen LogP contribution >= 0.6 is 0 Å². The highest BCUT2D eigenvalue weighted by Gasteiger charge is 2.20. The van der Waals surface area contributed by atoms with Crippen LogP contribution in [0.25, 0.3) is 0 Å². The molecule has 0 heterocycles. The van der Waals surface area contributed by atoms with Gasteiger partial charge in [0.05, 0.1) is 24.0 Å². The summed E-state index contributed by atoms with van der Waals surface area (Å²) in [5, 5.41) is 28.6. The molecule has 0 saturated carbocycles. The molecule has 1 N–H and O–H groups in total. The number of aliphatic hydroxyl groups is 1. The fraction of sp³-hybridized carbons (Fsp3) is 0.417. The largest absolute Gasteiger partial charge is 0.392 e.